The van der Waals surface area contributed by atoms with E-state index in [1.54, 1.807) is 36.4 Å². The second-order valence-corrected chi connectivity index (χ2v) is 15.0. The van der Waals surface area contributed by atoms with Crippen LogP contribution in [-0.2, 0) is 29.2 Å². The molecule has 0 radical (unpaired) electrons. The third kappa shape index (κ3) is 8.06. The fourth-order valence-corrected chi connectivity index (χ4v) is 8.90. The van der Waals surface area contributed by atoms with Crippen molar-refractivity contribution in [2.45, 2.75) is 48.8 Å². The number of likely N-dealkylation sites (N-methyl/N-ethyl adjacent to an activating group) is 1. The van der Waals surface area contributed by atoms with Gasteiger partial charge in [0.15, 0.2) is 0 Å². The molecule has 1 saturated heterocycles. The summed E-state index contributed by atoms with van der Waals surface area (Å²) in [6.45, 7) is 1.02. The summed E-state index contributed by atoms with van der Waals surface area (Å²) >= 11 is 13.6. The van der Waals surface area contributed by atoms with Gasteiger partial charge in [-0.25, -0.2) is 22.7 Å². The van der Waals surface area contributed by atoms with Crippen molar-refractivity contribution in [1.29, 1.82) is 0 Å². The molecule has 4 aromatic rings. The molecule has 0 unspecified atom stereocenters. The van der Waals surface area contributed by atoms with Gasteiger partial charge in [-0.2, -0.15) is 13.2 Å². The van der Waals surface area contributed by atoms with Crippen molar-refractivity contribution in [3.8, 4) is 11.5 Å². The van der Waals surface area contributed by atoms with Crippen LogP contribution in [-0.4, -0.2) is 70.2 Å². The molecule has 1 aliphatic heterocycles. The molecule has 0 saturated carbocycles. The monoisotopic (exact) mass is 751 g/mol. The molecular weight excluding hydrogens is 714 g/mol. The predicted octanol–water partition coefficient (Wildman–Crippen LogP) is 7.75. The van der Waals surface area contributed by atoms with Crippen LogP contribution in [0.25, 0.3) is 0 Å². The maximum absolute atomic E-state index is 14.4. The van der Waals surface area contributed by atoms with Gasteiger partial charge in [0.1, 0.15) is 28.5 Å². The fourth-order valence-electron chi connectivity index (χ4n) is 6.35. The molecule has 0 aliphatic carbocycles. The van der Waals surface area contributed by atoms with E-state index in [-0.39, 0.29) is 32.8 Å². The summed E-state index contributed by atoms with van der Waals surface area (Å²) in [4.78, 5) is 12.1. The highest BCUT2D eigenvalue weighted by Gasteiger charge is 2.39. The van der Waals surface area contributed by atoms with Crippen LogP contribution in [0.4, 0.5) is 24.7 Å². The molecule has 0 bridgehead atoms. The molecule has 5 rings (SSSR count). The van der Waals surface area contributed by atoms with Crippen molar-refractivity contribution in [1.82, 2.24) is 14.9 Å². The molecular formula is C35H38Cl2F3N5O4S. The van der Waals surface area contributed by atoms with Crippen LogP contribution < -0.4 is 18.7 Å². The van der Waals surface area contributed by atoms with Crippen LogP contribution in [0.5, 0.6) is 11.5 Å². The third-order valence-electron chi connectivity index (χ3n) is 9.16. The summed E-state index contributed by atoms with van der Waals surface area (Å²) in [5.74, 6) is 1.05. The molecule has 9 nitrogen and oxygen atoms in total. The van der Waals surface area contributed by atoms with Crippen LogP contribution in [0.3, 0.4) is 0 Å². The van der Waals surface area contributed by atoms with Gasteiger partial charge in [0.25, 0.3) is 10.0 Å². The number of ether oxygens (including phenoxy) is 2. The van der Waals surface area contributed by atoms with E-state index in [4.69, 9.17) is 32.7 Å². The van der Waals surface area contributed by atoms with Crippen LogP contribution >= 0.6 is 23.2 Å². The Hall–Kier alpha value is -3.78. The number of hydrogen-bond acceptors (Lipinski definition) is 8. The molecule has 15 heteroatoms. The Morgan fingerprint density at radius 1 is 1.00 bits per heavy atom. The zero-order valence-electron chi connectivity index (χ0n) is 28.0. The van der Waals surface area contributed by atoms with Crippen molar-refractivity contribution < 1.29 is 31.1 Å². The van der Waals surface area contributed by atoms with Gasteiger partial charge in [0, 0.05) is 48.2 Å². The van der Waals surface area contributed by atoms with Crippen molar-refractivity contribution in [3.63, 3.8) is 0 Å². The SMILES string of the molecule is COc1ccc(CN(c2ccncn2)S(=O)(=O)c2c(Cl)cc(N3CCC[C@](CCc4cccc(C(F)(F)F)c4)(N(C)C)C3)cc2Cl)c(OC)c1. The third-order valence-corrected chi connectivity index (χ3v) is 11.8. The Kier molecular flexibility index (Phi) is 11.4. The van der Waals surface area contributed by atoms with E-state index in [2.05, 4.69) is 19.8 Å². The Morgan fingerprint density at radius 3 is 2.36 bits per heavy atom. The second kappa shape index (κ2) is 15.2. The lowest BCUT2D eigenvalue weighted by molar-refractivity contribution is -0.137. The van der Waals surface area contributed by atoms with Crippen molar-refractivity contribution in [2.24, 2.45) is 0 Å². The molecule has 1 atom stereocenters. The molecule has 1 aliphatic rings. The largest absolute Gasteiger partial charge is 0.497 e. The van der Waals surface area contributed by atoms with E-state index < -0.39 is 21.8 Å². The smallest absolute Gasteiger partial charge is 0.416 e. The first-order valence-electron chi connectivity index (χ1n) is 15.8. The van der Waals surface area contributed by atoms with Gasteiger partial charge in [-0.1, -0.05) is 41.4 Å². The van der Waals surface area contributed by atoms with Crippen LogP contribution in [0, 0.1) is 0 Å². The summed E-state index contributed by atoms with van der Waals surface area (Å²) in [6.07, 6.45) is 0.941. The van der Waals surface area contributed by atoms with E-state index in [1.807, 2.05) is 14.1 Å². The van der Waals surface area contributed by atoms with Gasteiger partial charge in [-0.3, -0.25) is 0 Å². The van der Waals surface area contributed by atoms with Gasteiger partial charge in [0.2, 0.25) is 0 Å². The predicted molar refractivity (Wildman–Crippen MR) is 189 cm³/mol. The quantitative estimate of drug-likeness (QED) is 0.145. The lowest BCUT2D eigenvalue weighted by Crippen LogP contribution is -2.56. The van der Waals surface area contributed by atoms with Gasteiger partial charge in [0.05, 0.1) is 36.4 Å². The number of methoxy groups -OCH3 is 2. The number of nitrogens with zero attached hydrogens (tertiary/aromatic N) is 5. The summed E-state index contributed by atoms with van der Waals surface area (Å²) in [6, 6.07) is 15.1. The van der Waals surface area contributed by atoms with E-state index in [1.165, 1.54) is 44.9 Å². The van der Waals surface area contributed by atoms with Gasteiger partial charge < -0.3 is 19.3 Å². The summed E-state index contributed by atoms with van der Waals surface area (Å²) in [5.41, 5.74) is 0.739. The van der Waals surface area contributed by atoms with Gasteiger partial charge in [-0.15, -0.1) is 0 Å². The van der Waals surface area contributed by atoms with E-state index in [0.717, 1.165) is 23.2 Å². The summed E-state index contributed by atoms with van der Waals surface area (Å²) < 4.78 is 80.9. The number of aromatic nitrogens is 2. The number of hydrogen-bond donors (Lipinski definition) is 0. The Labute approximate surface area is 300 Å². The molecule has 0 spiro atoms. The normalized spacial score (nSPS) is 16.8. The van der Waals surface area contributed by atoms with Crippen molar-refractivity contribution in [3.05, 3.63) is 99.9 Å². The van der Waals surface area contributed by atoms with Crippen molar-refractivity contribution in [2.75, 3.05) is 50.6 Å². The average molecular weight is 753 g/mol. The number of rotatable bonds is 12. The maximum atomic E-state index is 14.4. The average Bonchev–Trinajstić information content (AvgIpc) is 3.09. The van der Waals surface area contributed by atoms with Gasteiger partial charge >= 0.3 is 6.18 Å². The number of anilines is 2. The second-order valence-electron chi connectivity index (χ2n) is 12.3. The highest BCUT2D eigenvalue weighted by molar-refractivity contribution is 7.93. The lowest BCUT2D eigenvalue weighted by atomic mass is 9.82. The fraction of sp³-hybridized carbons (Fsp3) is 0.371. The molecule has 50 heavy (non-hydrogen) atoms. The van der Waals surface area contributed by atoms with Crippen LogP contribution in [0.2, 0.25) is 10.0 Å². The minimum Gasteiger partial charge on any atom is -0.497 e. The molecule has 268 valence electrons. The highest BCUT2D eigenvalue weighted by atomic mass is 35.5. The molecule has 1 fully saturated rings. The number of aryl methyl sites for hydroxylation is 1. The van der Waals surface area contributed by atoms with Crippen LogP contribution in [0.1, 0.15) is 36.0 Å². The maximum Gasteiger partial charge on any atom is 0.416 e. The van der Waals surface area contributed by atoms with Crippen molar-refractivity contribution >= 4 is 44.7 Å². The molecule has 0 N–H and O–H groups in total. The van der Waals surface area contributed by atoms with E-state index in [9.17, 15) is 21.6 Å². The van der Waals surface area contributed by atoms with E-state index in [0.29, 0.717) is 54.2 Å². The number of sulfonamides is 1. The summed E-state index contributed by atoms with van der Waals surface area (Å²) in [5, 5.41) is -0.142. The molecule has 0 amide bonds. The zero-order valence-corrected chi connectivity index (χ0v) is 30.4. The highest BCUT2D eigenvalue weighted by Crippen LogP contribution is 2.41. The number of benzene rings is 3. The standard InChI is InChI=1S/C35H38Cl2F3N5O4S/c1-43(2)34(14-11-24-7-5-8-26(17-24)35(38,39)40)13-6-16-44(22-34)27-18-29(36)33(30(37)19-27)50(46,47)45(32-12-15-41-23-42-32)21-25-9-10-28(48-3)20-31(25)49-4/h5,7-10,12,15,17-20,23H,6,11,13-14,16,21-22H2,1-4H3/t34-/m1/s1. The zero-order chi connectivity index (χ0) is 36.3. The summed E-state index contributed by atoms with van der Waals surface area (Å²) in [7, 11) is 2.52. The Morgan fingerprint density at radius 2 is 1.74 bits per heavy atom. The first kappa shape index (κ1) is 37.5. The van der Waals surface area contributed by atoms with Gasteiger partial charge in [-0.05, 0) is 75.7 Å². The number of piperidine rings is 1. The molecule has 3 aromatic carbocycles. The Balaban J connectivity index is 1.45. The number of alkyl halides is 3. The van der Waals surface area contributed by atoms with Crippen LogP contribution in [0.15, 0.2) is 78.1 Å². The minimum absolute atomic E-state index is 0.0711. The molecule has 2 heterocycles. The minimum atomic E-state index is -4.41. The topological polar surface area (TPSA) is 88.1 Å². The first-order chi connectivity index (χ1) is 23.7. The molecule has 1 aromatic heterocycles. The lowest BCUT2D eigenvalue weighted by Gasteiger charge is -2.48. The number of halogens is 5. The van der Waals surface area contributed by atoms with E-state index >= 15 is 0 Å². The first-order valence-corrected chi connectivity index (χ1v) is 18.0. The Bertz CT molecular complexity index is 1900.